The second kappa shape index (κ2) is 3.51. The summed E-state index contributed by atoms with van der Waals surface area (Å²) < 4.78 is 0. The first-order valence-corrected chi connectivity index (χ1v) is 4.99. The van der Waals surface area contributed by atoms with Gasteiger partial charge in [0, 0.05) is 0 Å². The quantitative estimate of drug-likeness (QED) is 0.673. The van der Waals surface area contributed by atoms with Crippen LogP contribution in [0.15, 0.2) is 0 Å². The number of carbonyl (C=O) groups is 2. The number of hydrogen-bond acceptors (Lipinski definition) is 2. The van der Waals surface area contributed by atoms with Gasteiger partial charge >= 0.3 is 0 Å². The Balaban J connectivity index is 5.97. The monoisotopic (exact) mass is 214 g/mol. The Morgan fingerprint density at radius 1 is 0.733 bits per heavy atom. The maximum atomic E-state index is 11.7. The first kappa shape index (κ1) is 13.9. The minimum atomic E-state index is -1.35. The minimum Gasteiger partial charge on any atom is -0.369 e. The third-order valence-corrected chi connectivity index (χ3v) is 2.99. The highest BCUT2D eigenvalue weighted by Gasteiger charge is 2.59. The standard InChI is InChI=1S/C11H22N2O2/c1-9(2,3)11(7(12)14,8(13)15)10(4,5)6/h1-6H3,(H2,12,14)(H2,13,15). The normalized spacial score (nSPS) is 13.7. The van der Waals surface area contributed by atoms with Crippen LogP contribution in [0.2, 0.25) is 0 Å². The van der Waals surface area contributed by atoms with Gasteiger partial charge in [-0.2, -0.15) is 0 Å². The lowest BCUT2D eigenvalue weighted by molar-refractivity contribution is -0.158. The highest BCUT2D eigenvalue weighted by Crippen LogP contribution is 2.51. The van der Waals surface area contributed by atoms with Gasteiger partial charge in [0.05, 0.1) is 0 Å². The Hall–Kier alpha value is -1.06. The smallest absolute Gasteiger partial charge is 0.234 e. The molecule has 0 aliphatic rings. The summed E-state index contributed by atoms with van der Waals surface area (Å²) >= 11 is 0. The molecule has 15 heavy (non-hydrogen) atoms. The largest absolute Gasteiger partial charge is 0.369 e. The van der Waals surface area contributed by atoms with Crippen LogP contribution < -0.4 is 11.5 Å². The summed E-state index contributed by atoms with van der Waals surface area (Å²) in [5.41, 5.74) is 8.25. The molecule has 0 heterocycles. The average molecular weight is 214 g/mol. The molecular weight excluding hydrogens is 192 g/mol. The van der Waals surface area contributed by atoms with E-state index in [0.717, 1.165) is 0 Å². The first-order chi connectivity index (χ1) is 6.39. The molecule has 4 N–H and O–H groups in total. The van der Waals surface area contributed by atoms with E-state index in [1.54, 1.807) is 41.5 Å². The van der Waals surface area contributed by atoms with E-state index in [2.05, 4.69) is 0 Å². The Morgan fingerprint density at radius 2 is 0.933 bits per heavy atom. The van der Waals surface area contributed by atoms with Crippen molar-refractivity contribution in [3.8, 4) is 0 Å². The fourth-order valence-corrected chi connectivity index (χ4v) is 2.72. The van der Waals surface area contributed by atoms with Gasteiger partial charge in [-0.05, 0) is 10.8 Å². The third kappa shape index (κ3) is 1.85. The topological polar surface area (TPSA) is 86.2 Å². The van der Waals surface area contributed by atoms with E-state index < -0.39 is 28.1 Å². The molecule has 0 aliphatic heterocycles. The average Bonchev–Trinajstić information content (AvgIpc) is 1.75. The van der Waals surface area contributed by atoms with Crippen LogP contribution in [0.3, 0.4) is 0 Å². The molecule has 4 heteroatoms. The van der Waals surface area contributed by atoms with Gasteiger partial charge < -0.3 is 11.5 Å². The van der Waals surface area contributed by atoms with Crippen LogP contribution in [-0.4, -0.2) is 11.8 Å². The molecule has 0 spiro atoms. The molecular formula is C11H22N2O2. The molecule has 0 atom stereocenters. The van der Waals surface area contributed by atoms with E-state index in [9.17, 15) is 9.59 Å². The Bertz CT molecular complexity index is 252. The van der Waals surface area contributed by atoms with Crippen molar-refractivity contribution >= 4 is 11.8 Å². The number of amides is 2. The summed E-state index contributed by atoms with van der Waals surface area (Å²) in [6.07, 6.45) is 0. The molecule has 0 unspecified atom stereocenters. The van der Waals surface area contributed by atoms with E-state index in [1.165, 1.54) is 0 Å². The van der Waals surface area contributed by atoms with Crippen molar-refractivity contribution in [2.24, 2.45) is 27.7 Å². The summed E-state index contributed by atoms with van der Waals surface area (Å²) in [4.78, 5) is 23.4. The molecule has 0 saturated heterocycles. The number of nitrogens with two attached hydrogens (primary N) is 2. The Labute approximate surface area is 91.4 Å². The predicted molar refractivity (Wildman–Crippen MR) is 59.7 cm³/mol. The number of carbonyl (C=O) groups excluding carboxylic acids is 2. The van der Waals surface area contributed by atoms with Gasteiger partial charge in [0.2, 0.25) is 11.8 Å². The molecule has 0 aromatic heterocycles. The van der Waals surface area contributed by atoms with Crippen LogP contribution in [0, 0.1) is 16.2 Å². The van der Waals surface area contributed by atoms with Gasteiger partial charge in [-0.25, -0.2) is 0 Å². The molecule has 88 valence electrons. The van der Waals surface area contributed by atoms with Crippen molar-refractivity contribution in [2.45, 2.75) is 41.5 Å². The SMILES string of the molecule is CC(C)(C)C(C(N)=O)(C(N)=O)C(C)(C)C. The van der Waals surface area contributed by atoms with Crippen molar-refractivity contribution < 1.29 is 9.59 Å². The maximum Gasteiger partial charge on any atom is 0.234 e. The molecule has 0 saturated carbocycles. The van der Waals surface area contributed by atoms with Crippen LogP contribution in [0.4, 0.5) is 0 Å². The van der Waals surface area contributed by atoms with Crippen molar-refractivity contribution in [3.05, 3.63) is 0 Å². The van der Waals surface area contributed by atoms with E-state index in [4.69, 9.17) is 11.5 Å². The lowest BCUT2D eigenvalue weighted by Gasteiger charge is -2.48. The summed E-state index contributed by atoms with van der Waals surface area (Å²) in [7, 11) is 0. The molecule has 0 aromatic rings. The second-order valence-electron chi connectivity index (χ2n) is 5.98. The van der Waals surface area contributed by atoms with E-state index in [-0.39, 0.29) is 0 Å². The molecule has 2 amide bonds. The van der Waals surface area contributed by atoms with E-state index in [1.807, 2.05) is 0 Å². The number of primary amides is 2. The van der Waals surface area contributed by atoms with Crippen LogP contribution in [0.1, 0.15) is 41.5 Å². The molecule has 0 aliphatic carbocycles. The zero-order chi connectivity index (χ0) is 12.7. The first-order valence-electron chi connectivity index (χ1n) is 4.99. The maximum absolute atomic E-state index is 11.7. The number of rotatable bonds is 2. The highest BCUT2D eigenvalue weighted by molar-refractivity contribution is 6.05. The summed E-state index contributed by atoms with van der Waals surface area (Å²) in [5.74, 6) is -1.31. The lowest BCUT2D eigenvalue weighted by Crippen LogP contribution is -2.62. The van der Waals surface area contributed by atoms with E-state index >= 15 is 0 Å². The van der Waals surface area contributed by atoms with Crippen molar-refractivity contribution in [1.29, 1.82) is 0 Å². The zero-order valence-electron chi connectivity index (χ0n) is 10.5. The van der Waals surface area contributed by atoms with Gasteiger partial charge in [0.1, 0.15) is 5.41 Å². The molecule has 0 aromatic carbocycles. The second-order valence-corrected chi connectivity index (χ2v) is 5.98. The predicted octanol–water partition coefficient (Wildman–Crippen LogP) is 1.04. The summed E-state index contributed by atoms with van der Waals surface area (Å²) in [6.45, 7) is 10.8. The van der Waals surface area contributed by atoms with Gasteiger partial charge in [0.15, 0.2) is 0 Å². The van der Waals surface area contributed by atoms with E-state index in [0.29, 0.717) is 0 Å². The third-order valence-electron chi connectivity index (χ3n) is 2.99. The fourth-order valence-electron chi connectivity index (χ4n) is 2.72. The molecule has 0 fully saturated rings. The van der Waals surface area contributed by atoms with Crippen LogP contribution >= 0.6 is 0 Å². The molecule has 0 radical (unpaired) electrons. The van der Waals surface area contributed by atoms with Crippen LogP contribution in [0.25, 0.3) is 0 Å². The van der Waals surface area contributed by atoms with Gasteiger partial charge in [-0.1, -0.05) is 41.5 Å². The summed E-state index contributed by atoms with van der Waals surface area (Å²) in [6, 6.07) is 0. The highest BCUT2D eigenvalue weighted by atomic mass is 16.2. The molecule has 0 rings (SSSR count). The van der Waals surface area contributed by atoms with Crippen molar-refractivity contribution in [3.63, 3.8) is 0 Å². The summed E-state index contributed by atoms with van der Waals surface area (Å²) in [5, 5.41) is 0. The Morgan fingerprint density at radius 3 is 0.933 bits per heavy atom. The van der Waals surface area contributed by atoms with Gasteiger partial charge in [-0.15, -0.1) is 0 Å². The molecule has 4 nitrogen and oxygen atoms in total. The zero-order valence-corrected chi connectivity index (χ0v) is 10.5. The minimum absolute atomic E-state index is 0.608. The van der Waals surface area contributed by atoms with Crippen molar-refractivity contribution in [1.82, 2.24) is 0 Å². The number of hydrogen-bond donors (Lipinski definition) is 2. The van der Waals surface area contributed by atoms with Gasteiger partial charge in [-0.3, -0.25) is 9.59 Å². The molecule has 0 bridgehead atoms. The lowest BCUT2D eigenvalue weighted by atomic mass is 9.53. The van der Waals surface area contributed by atoms with Crippen molar-refractivity contribution in [2.75, 3.05) is 0 Å². The van der Waals surface area contributed by atoms with Crippen LogP contribution in [-0.2, 0) is 9.59 Å². The Kier molecular flexibility index (Phi) is 3.26. The fraction of sp³-hybridized carbons (Fsp3) is 0.818. The van der Waals surface area contributed by atoms with Gasteiger partial charge in [0.25, 0.3) is 0 Å². The van der Waals surface area contributed by atoms with Crippen LogP contribution in [0.5, 0.6) is 0 Å².